The summed E-state index contributed by atoms with van der Waals surface area (Å²) in [6, 6.07) is 2.89. The lowest BCUT2D eigenvalue weighted by atomic mass is 10.1. The molecule has 0 aliphatic carbocycles. The molecule has 1 rings (SSSR count). The first kappa shape index (κ1) is 15.7. The Morgan fingerprint density at radius 2 is 2.11 bits per heavy atom. The van der Waals surface area contributed by atoms with E-state index in [0.717, 1.165) is 0 Å². The molecule has 0 aromatic heterocycles. The van der Waals surface area contributed by atoms with E-state index in [0.29, 0.717) is 11.3 Å². The van der Waals surface area contributed by atoms with Gasteiger partial charge < -0.3 is 20.9 Å². The summed E-state index contributed by atoms with van der Waals surface area (Å²) in [5.41, 5.74) is 6.89. The van der Waals surface area contributed by atoms with Gasteiger partial charge in [-0.3, -0.25) is 0 Å². The lowest BCUT2D eigenvalue weighted by Gasteiger charge is -2.16. The molecule has 1 aromatic rings. The van der Waals surface area contributed by atoms with Crippen molar-refractivity contribution in [2.45, 2.75) is 17.9 Å². The van der Waals surface area contributed by atoms with Crippen molar-refractivity contribution < 1.29 is 18.3 Å². The van der Waals surface area contributed by atoms with Crippen LogP contribution in [0.5, 0.6) is 0 Å². The molecule has 6 N–H and O–H groups in total. The summed E-state index contributed by atoms with van der Waals surface area (Å²) < 4.78 is 27.6. The molecule has 0 radical (unpaired) electrons. The zero-order chi connectivity index (χ0) is 14.6. The van der Waals surface area contributed by atoms with E-state index in [-0.39, 0.29) is 23.7 Å². The van der Waals surface area contributed by atoms with E-state index in [1.54, 1.807) is 13.0 Å². The van der Waals surface area contributed by atoms with Gasteiger partial charge in [0.1, 0.15) is 0 Å². The maximum atomic E-state index is 11.4. The Bertz CT molecular complexity index is 545. The van der Waals surface area contributed by atoms with Gasteiger partial charge in [-0.2, -0.15) is 0 Å². The van der Waals surface area contributed by atoms with Crippen LogP contribution in [0.25, 0.3) is 0 Å². The molecule has 0 spiro atoms. The molecule has 0 fully saturated rings. The van der Waals surface area contributed by atoms with Crippen LogP contribution >= 0.6 is 0 Å². The van der Waals surface area contributed by atoms with Gasteiger partial charge >= 0.3 is 0 Å². The van der Waals surface area contributed by atoms with Gasteiger partial charge in [0.05, 0.1) is 17.6 Å². The molecule has 1 aromatic carbocycles. The average molecular weight is 289 g/mol. The monoisotopic (exact) mass is 289 g/mol. The Kier molecular flexibility index (Phi) is 5.12. The fourth-order valence-electron chi connectivity index (χ4n) is 1.67. The van der Waals surface area contributed by atoms with Crippen LogP contribution in [0.3, 0.4) is 0 Å². The van der Waals surface area contributed by atoms with Crippen LogP contribution in [0.2, 0.25) is 0 Å². The van der Waals surface area contributed by atoms with E-state index in [9.17, 15) is 13.5 Å². The highest BCUT2D eigenvalue weighted by atomic mass is 32.2. The summed E-state index contributed by atoms with van der Waals surface area (Å²) in [6.45, 7) is 2.00. The van der Waals surface area contributed by atoms with Crippen molar-refractivity contribution >= 4 is 21.4 Å². The van der Waals surface area contributed by atoms with Crippen LogP contribution in [0.1, 0.15) is 5.56 Å². The predicted molar refractivity (Wildman–Crippen MR) is 73.3 cm³/mol. The number of sulfonamides is 1. The van der Waals surface area contributed by atoms with Crippen molar-refractivity contribution in [3.05, 3.63) is 17.7 Å². The molecule has 0 amide bonds. The van der Waals surface area contributed by atoms with Crippen LogP contribution < -0.4 is 16.2 Å². The van der Waals surface area contributed by atoms with Crippen LogP contribution in [-0.2, 0) is 14.8 Å². The fourth-order valence-corrected chi connectivity index (χ4v) is 2.50. The van der Waals surface area contributed by atoms with Gasteiger partial charge in [-0.05, 0) is 24.6 Å². The van der Waals surface area contributed by atoms with Gasteiger partial charge in [-0.15, -0.1) is 0 Å². The lowest BCUT2D eigenvalue weighted by molar-refractivity contribution is 0.0727. The van der Waals surface area contributed by atoms with Gasteiger partial charge in [0, 0.05) is 25.0 Å². The molecule has 0 aliphatic rings. The van der Waals surface area contributed by atoms with Crippen LogP contribution in [0.15, 0.2) is 17.0 Å². The molecular formula is C11H19N3O4S. The quantitative estimate of drug-likeness (QED) is 0.530. The largest absolute Gasteiger partial charge is 0.399 e. The van der Waals surface area contributed by atoms with Crippen molar-refractivity contribution in [3.8, 4) is 0 Å². The summed E-state index contributed by atoms with van der Waals surface area (Å²) in [5, 5.41) is 17.6. The zero-order valence-electron chi connectivity index (χ0n) is 10.9. The molecule has 7 nitrogen and oxygen atoms in total. The number of anilines is 2. The number of hydrogen-bond acceptors (Lipinski definition) is 6. The van der Waals surface area contributed by atoms with E-state index < -0.39 is 16.1 Å². The summed E-state index contributed by atoms with van der Waals surface area (Å²) in [7, 11) is -2.35. The second kappa shape index (κ2) is 6.20. The SMILES string of the molecule is COCC(O)CNc1cc(N)cc(S(N)(=O)=O)c1C. The maximum Gasteiger partial charge on any atom is 0.238 e. The molecule has 108 valence electrons. The van der Waals surface area contributed by atoms with Crippen LogP contribution in [0, 0.1) is 6.92 Å². The molecule has 0 saturated heterocycles. The van der Waals surface area contributed by atoms with Crippen molar-refractivity contribution in [2.24, 2.45) is 5.14 Å². The highest BCUT2D eigenvalue weighted by molar-refractivity contribution is 7.89. The highest BCUT2D eigenvalue weighted by Crippen LogP contribution is 2.25. The number of ether oxygens (including phenoxy) is 1. The number of nitrogens with two attached hydrogens (primary N) is 2. The standard InChI is InChI=1S/C11H19N3O4S/c1-7-10(14-5-9(15)6-18-2)3-8(12)4-11(7)19(13,16)17/h3-4,9,14-15H,5-6,12H2,1-2H3,(H2,13,16,17). The first-order chi connectivity index (χ1) is 8.75. The third-order valence-electron chi connectivity index (χ3n) is 2.58. The number of aliphatic hydroxyl groups excluding tert-OH is 1. The normalized spacial score (nSPS) is 13.3. The second-order valence-corrected chi connectivity index (χ2v) is 5.76. The molecule has 0 heterocycles. The van der Waals surface area contributed by atoms with Crippen LogP contribution in [0.4, 0.5) is 11.4 Å². The van der Waals surface area contributed by atoms with Gasteiger partial charge in [0.25, 0.3) is 0 Å². The Morgan fingerprint density at radius 3 is 2.63 bits per heavy atom. The van der Waals surface area contributed by atoms with Gasteiger partial charge in [-0.25, -0.2) is 13.6 Å². The Hall–Kier alpha value is -1.35. The number of hydrogen-bond donors (Lipinski definition) is 4. The van der Waals surface area contributed by atoms with Crippen molar-refractivity contribution in [1.29, 1.82) is 0 Å². The Balaban J connectivity index is 2.99. The predicted octanol–water partition coefficient (Wildman–Crippen LogP) is -0.356. The number of benzene rings is 1. The molecule has 0 aliphatic heterocycles. The Morgan fingerprint density at radius 1 is 1.47 bits per heavy atom. The van der Waals surface area contributed by atoms with Crippen molar-refractivity contribution in [1.82, 2.24) is 0 Å². The summed E-state index contributed by atoms with van der Waals surface area (Å²) >= 11 is 0. The Labute approximate surface area is 112 Å². The fraction of sp³-hybridized carbons (Fsp3) is 0.455. The van der Waals surface area contributed by atoms with Gasteiger partial charge in [0.15, 0.2) is 0 Å². The summed E-state index contributed by atoms with van der Waals surface area (Å²) in [4.78, 5) is -0.0313. The van der Waals surface area contributed by atoms with E-state index in [2.05, 4.69) is 5.32 Å². The zero-order valence-corrected chi connectivity index (χ0v) is 11.7. The smallest absolute Gasteiger partial charge is 0.238 e. The number of aliphatic hydroxyl groups is 1. The topological polar surface area (TPSA) is 128 Å². The van der Waals surface area contributed by atoms with Crippen molar-refractivity contribution in [2.75, 3.05) is 31.3 Å². The molecule has 0 saturated carbocycles. The highest BCUT2D eigenvalue weighted by Gasteiger charge is 2.16. The van der Waals surface area contributed by atoms with E-state index in [1.807, 2.05) is 0 Å². The van der Waals surface area contributed by atoms with Gasteiger partial charge in [-0.1, -0.05) is 0 Å². The summed E-state index contributed by atoms with van der Waals surface area (Å²) in [5.74, 6) is 0. The van der Waals surface area contributed by atoms with Crippen LogP contribution in [-0.4, -0.2) is 39.9 Å². The lowest BCUT2D eigenvalue weighted by Crippen LogP contribution is -2.25. The molecule has 0 bridgehead atoms. The second-order valence-electron chi connectivity index (χ2n) is 4.23. The van der Waals surface area contributed by atoms with E-state index >= 15 is 0 Å². The number of rotatable bonds is 6. The minimum atomic E-state index is -3.83. The molecule has 19 heavy (non-hydrogen) atoms. The molecular weight excluding hydrogens is 270 g/mol. The van der Waals surface area contributed by atoms with Gasteiger partial charge in [0.2, 0.25) is 10.0 Å². The number of primary sulfonamides is 1. The summed E-state index contributed by atoms with van der Waals surface area (Å²) in [6.07, 6.45) is -0.705. The minimum Gasteiger partial charge on any atom is -0.399 e. The minimum absolute atomic E-state index is 0.0313. The number of nitrogens with one attached hydrogen (secondary N) is 1. The van der Waals surface area contributed by atoms with Crippen molar-refractivity contribution in [3.63, 3.8) is 0 Å². The third-order valence-corrected chi connectivity index (χ3v) is 3.61. The van der Waals surface area contributed by atoms with E-state index in [4.69, 9.17) is 15.6 Å². The molecule has 1 unspecified atom stereocenters. The number of methoxy groups -OCH3 is 1. The average Bonchev–Trinajstić information content (AvgIpc) is 2.28. The first-order valence-electron chi connectivity index (χ1n) is 5.59. The van der Waals surface area contributed by atoms with E-state index in [1.165, 1.54) is 13.2 Å². The first-order valence-corrected chi connectivity index (χ1v) is 7.14. The maximum absolute atomic E-state index is 11.4. The third kappa shape index (κ3) is 4.35. The molecule has 1 atom stereocenters. The molecule has 8 heteroatoms. The number of nitrogen functional groups attached to an aromatic ring is 1.